The highest BCUT2D eigenvalue weighted by Gasteiger charge is 2.41. The Labute approximate surface area is 134 Å². The molecular weight excluding hydrogens is 302 g/mol. The monoisotopic (exact) mass is 321 g/mol. The Hall–Kier alpha value is -1.52. The summed E-state index contributed by atoms with van der Waals surface area (Å²) in [7, 11) is 0. The van der Waals surface area contributed by atoms with Crippen LogP contribution in [0, 0.1) is 0 Å². The Kier molecular flexibility index (Phi) is 4.15. The van der Waals surface area contributed by atoms with Crippen LogP contribution < -0.4 is 0 Å². The number of ether oxygens (including phenoxy) is 2. The largest absolute Gasteiger partial charge is 0.466 e. The normalized spacial score (nSPS) is 20.9. The van der Waals surface area contributed by atoms with Crippen LogP contribution in [0.4, 0.5) is 0 Å². The maximum Gasteiger partial charge on any atom is 0.309 e. The molecule has 118 valence electrons. The quantitative estimate of drug-likeness (QED) is 0.867. The molecule has 5 heteroatoms. The average molecular weight is 322 g/mol. The molecule has 2 heterocycles. The second kappa shape index (κ2) is 5.94. The first-order chi connectivity index (χ1) is 10.6. The van der Waals surface area contributed by atoms with Gasteiger partial charge in [0.15, 0.2) is 0 Å². The third-order valence-electron chi connectivity index (χ3n) is 4.36. The van der Waals surface area contributed by atoms with Gasteiger partial charge in [0, 0.05) is 15.9 Å². The Bertz CT molecular complexity index is 709. The first kappa shape index (κ1) is 15.4. The van der Waals surface area contributed by atoms with Crippen LogP contribution in [-0.2, 0) is 26.3 Å². The lowest BCUT2D eigenvalue weighted by Crippen LogP contribution is -2.37. The SMILES string of the molecule is CCOC(=O)CC1(CC)OCCc2c1[nH]c1cc(Cl)ccc21. The molecule has 22 heavy (non-hydrogen) atoms. The molecule has 3 rings (SSSR count). The Morgan fingerprint density at radius 3 is 3.00 bits per heavy atom. The van der Waals surface area contributed by atoms with Gasteiger partial charge in [-0.3, -0.25) is 4.79 Å². The lowest BCUT2D eigenvalue weighted by molar-refractivity contribution is -0.154. The van der Waals surface area contributed by atoms with Crippen molar-refractivity contribution in [2.24, 2.45) is 0 Å². The summed E-state index contributed by atoms with van der Waals surface area (Å²) in [5.74, 6) is -0.228. The topological polar surface area (TPSA) is 51.3 Å². The smallest absolute Gasteiger partial charge is 0.309 e. The predicted octanol–water partition coefficient (Wildman–Crippen LogP) is 3.95. The van der Waals surface area contributed by atoms with Crippen molar-refractivity contribution in [3.63, 3.8) is 0 Å². The maximum atomic E-state index is 12.0. The first-order valence-corrected chi connectivity index (χ1v) is 8.07. The number of rotatable bonds is 4. The van der Waals surface area contributed by atoms with Gasteiger partial charge in [0.05, 0.1) is 25.3 Å². The van der Waals surface area contributed by atoms with Crippen molar-refractivity contribution < 1.29 is 14.3 Å². The molecule has 1 aliphatic heterocycles. The number of esters is 1. The number of aromatic amines is 1. The Balaban J connectivity index is 2.08. The second-order valence-electron chi connectivity index (χ2n) is 5.60. The van der Waals surface area contributed by atoms with Crippen LogP contribution in [-0.4, -0.2) is 24.2 Å². The molecule has 0 spiro atoms. The van der Waals surface area contributed by atoms with E-state index in [1.165, 1.54) is 5.56 Å². The lowest BCUT2D eigenvalue weighted by atomic mass is 9.86. The van der Waals surface area contributed by atoms with Crippen molar-refractivity contribution in [1.29, 1.82) is 0 Å². The van der Waals surface area contributed by atoms with Crippen molar-refractivity contribution in [3.05, 3.63) is 34.5 Å². The summed E-state index contributed by atoms with van der Waals surface area (Å²) in [6, 6.07) is 5.84. The fraction of sp³-hybridized carbons (Fsp3) is 0.471. The van der Waals surface area contributed by atoms with Gasteiger partial charge in [-0.1, -0.05) is 24.6 Å². The summed E-state index contributed by atoms with van der Waals surface area (Å²) in [6.45, 7) is 4.84. The standard InChI is InChI=1S/C17H20ClNO3/c1-3-17(10-15(20)21-4-2)16-13(7-8-22-17)12-6-5-11(18)9-14(12)19-16/h5-6,9,19H,3-4,7-8,10H2,1-2H3. The molecule has 1 aromatic carbocycles. The molecule has 0 bridgehead atoms. The number of nitrogens with one attached hydrogen (secondary N) is 1. The van der Waals surface area contributed by atoms with Gasteiger partial charge in [-0.05, 0) is 37.5 Å². The molecule has 0 aliphatic carbocycles. The van der Waals surface area contributed by atoms with Gasteiger partial charge in [-0.25, -0.2) is 0 Å². The molecule has 1 atom stereocenters. The first-order valence-electron chi connectivity index (χ1n) is 7.70. The zero-order valence-corrected chi connectivity index (χ0v) is 13.6. The molecule has 0 saturated carbocycles. The zero-order valence-electron chi connectivity index (χ0n) is 12.9. The van der Waals surface area contributed by atoms with Gasteiger partial charge in [0.25, 0.3) is 0 Å². The average Bonchev–Trinajstić information content (AvgIpc) is 2.86. The highest BCUT2D eigenvalue weighted by Crippen LogP contribution is 2.42. The zero-order chi connectivity index (χ0) is 15.7. The van der Waals surface area contributed by atoms with Crippen molar-refractivity contribution in [2.45, 2.75) is 38.7 Å². The molecule has 1 N–H and O–H groups in total. The van der Waals surface area contributed by atoms with Crippen molar-refractivity contribution >= 4 is 28.5 Å². The van der Waals surface area contributed by atoms with Crippen molar-refractivity contribution in [2.75, 3.05) is 13.2 Å². The van der Waals surface area contributed by atoms with E-state index >= 15 is 0 Å². The van der Waals surface area contributed by atoms with Crippen LogP contribution in [0.5, 0.6) is 0 Å². The van der Waals surface area contributed by atoms with Gasteiger partial charge in [0.2, 0.25) is 0 Å². The van der Waals surface area contributed by atoms with E-state index < -0.39 is 5.60 Å². The van der Waals surface area contributed by atoms with E-state index in [2.05, 4.69) is 4.98 Å². The number of carbonyl (C=O) groups excluding carboxylic acids is 1. The number of hydrogen-bond donors (Lipinski definition) is 1. The summed E-state index contributed by atoms with van der Waals surface area (Å²) in [6.07, 6.45) is 1.77. The number of benzene rings is 1. The molecule has 0 saturated heterocycles. The lowest BCUT2D eigenvalue weighted by Gasteiger charge is -2.36. The van der Waals surface area contributed by atoms with Gasteiger partial charge < -0.3 is 14.5 Å². The fourth-order valence-corrected chi connectivity index (χ4v) is 3.46. The van der Waals surface area contributed by atoms with Crippen LogP contribution in [0.1, 0.15) is 37.9 Å². The highest BCUT2D eigenvalue weighted by atomic mass is 35.5. The minimum atomic E-state index is -0.634. The summed E-state index contributed by atoms with van der Waals surface area (Å²) in [5.41, 5.74) is 2.58. The Morgan fingerprint density at radius 1 is 1.45 bits per heavy atom. The molecule has 1 aromatic heterocycles. The fourth-order valence-electron chi connectivity index (χ4n) is 3.29. The predicted molar refractivity (Wildman–Crippen MR) is 86.2 cm³/mol. The molecule has 0 amide bonds. The highest BCUT2D eigenvalue weighted by molar-refractivity contribution is 6.31. The van der Waals surface area contributed by atoms with Crippen LogP contribution in [0.3, 0.4) is 0 Å². The summed E-state index contributed by atoms with van der Waals surface area (Å²) in [5, 5.41) is 1.85. The van der Waals surface area contributed by atoms with Gasteiger partial charge in [-0.2, -0.15) is 0 Å². The molecule has 1 unspecified atom stereocenters. The maximum absolute atomic E-state index is 12.0. The Morgan fingerprint density at radius 2 is 2.27 bits per heavy atom. The van der Waals surface area contributed by atoms with Crippen LogP contribution in [0.15, 0.2) is 18.2 Å². The minimum absolute atomic E-state index is 0.227. The molecule has 4 nitrogen and oxygen atoms in total. The summed E-state index contributed by atoms with van der Waals surface area (Å²) >= 11 is 6.09. The van der Waals surface area contributed by atoms with Crippen LogP contribution in [0.25, 0.3) is 10.9 Å². The third-order valence-corrected chi connectivity index (χ3v) is 4.60. The summed E-state index contributed by atoms with van der Waals surface area (Å²) in [4.78, 5) is 15.4. The van der Waals surface area contributed by atoms with Gasteiger partial charge >= 0.3 is 5.97 Å². The molecule has 2 aromatic rings. The van der Waals surface area contributed by atoms with Crippen LogP contribution in [0.2, 0.25) is 5.02 Å². The molecule has 1 aliphatic rings. The number of halogens is 1. The van der Waals surface area contributed by atoms with E-state index in [1.54, 1.807) is 0 Å². The van der Waals surface area contributed by atoms with E-state index in [0.29, 0.717) is 24.7 Å². The molecular formula is C17H20ClNO3. The number of H-pyrrole nitrogens is 1. The second-order valence-corrected chi connectivity index (χ2v) is 6.03. The van der Waals surface area contributed by atoms with Crippen molar-refractivity contribution in [3.8, 4) is 0 Å². The van der Waals surface area contributed by atoms with E-state index in [0.717, 1.165) is 23.0 Å². The number of hydrogen-bond acceptors (Lipinski definition) is 3. The van der Waals surface area contributed by atoms with Crippen molar-refractivity contribution in [1.82, 2.24) is 4.98 Å². The van der Waals surface area contributed by atoms with E-state index in [9.17, 15) is 4.79 Å². The molecule has 0 fully saturated rings. The van der Waals surface area contributed by atoms with E-state index in [-0.39, 0.29) is 12.4 Å². The molecule has 0 radical (unpaired) electrons. The minimum Gasteiger partial charge on any atom is -0.466 e. The van der Waals surface area contributed by atoms with Gasteiger partial charge in [0.1, 0.15) is 5.60 Å². The number of fused-ring (bicyclic) bond motifs is 3. The third kappa shape index (κ3) is 2.50. The summed E-state index contributed by atoms with van der Waals surface area (Å²) < 4.78 is 11.2. The van der Waals surface area contributed by atoms with E-state index in [1.807, 2.05) is 32.0 Å². The van der Waals surface area contributed by atoms with E-state index in [4.69, 9.17) is 21.1 Å². The van der Waals surface area contributed by atoms with Crippen LogP contribution >= 0.6 is 11.6 Å². The number of aromatic nitrogens is 1. The van der Waals surface area contributed by atoms with Gasteiger partial charge in [-0.15, -0.1) is 0 Å². The number of carbonyl (C=O) groups is 1.